The van der Waals surface area contributed by atoms with Gasteiger partial charge in [-0.05, 0) is 6.92 Å². The second-order valence-electron chi connectivity index (χ2n) is 2.05. The zero-order valence-corrected chi connectivity index (χ0v) is 5.52. The van der Waals surface area contributed by atoms with Crippen LogP contribution in [0.5, 0.6) is 11.8 Å². The van der Waals surface area contributed by atoms with E-state index in [1.807, 2.05) is 0 Å². The monoisotopic (exact) mass is 143 g/mol. The van der Waals surface area contributed by atoms with Crippen LogP contribution in [0.2, 0.25) is 0 Å². The SMILES string of the molecule is CC(O)n1c(O)ccc1O. The summed E-state index contributed by atoms with van der Waals surface area (Å²) in [5.74, 6) is -0.292. The lowest BCUT2D eigenvalue weighted by atomic mass is 10.6. The molecule has 1 aromatic heterocycles. The van der Waals surface area contributed by atoms with E-state index in [1.54, 1.807) is 0 Å². The molecule has 4 heteroatoms. The molecule has 1 rings (SSSR count). The summed E-state index contributed by atoms with van der Waals surface area (Å²) in [7, 11) is 0. The third-order valence-corrected chi connectivity index (χ3v) is 1.25. The van der Waals surface area contributed by atoms with Gasteiger partial charge in [0.1, 0.15) is 6.23 Å². The van der Waals surface area contributed by atoms with Gasteiger partial charge in [-0.2, -0.15) is 0 Å². The maximum atomic E-state index is 8.94. The predicted molar refractivity (Wildman–Crippen MR) is 34.7 cm³/mol. The van der Waals surface area contributed by atoms with E-state index in [0.29, 0.717) is 0 Å². The molecule has 10 heavy (non-hydrogen) atoms. The van der Waals surface area contributed by atoms with Gasteiger partial charge in [0.05, 0.1) is 0 Å². The summed E-state index contributed by atoms with van der Waals surface area (Å²) in [5, 5.41) is 26.8. The highest BCUT2D eigenvalue weighted by Crippen LogP contribution is 2.24. The number of aliphatic hydroxyl groups excluding tert-OH is 1. The molecule has 0 saturated carbocycles. The van der Waals surface area contributed by atoms with Crippen LogP contribution in [0.4, 0.5) is 0 Å². The van der Waals surface area contributed by atoms with Gasteiger partial charge in [-0.1, -0.05) is 0 Å². The highest BCUT2D eigenvalue weighted by atomic mass is 16.3. The van der Waals surface area contributed by atoms with E-state index in [2.05, 4.69) is 0 Å². The second kappa shape index (κ2) is 2.22. The first-order chi connectivity index (χ1) is 4.63. The molecule has 1 atom stereocenters. The van der Waals surface area contributed by atoms with Crippen molar-refractivity contribution >= 4 is 0 Å². The molecule has 0 aliphatic rings. The Balaban J connectivity index is 3.10. The third kappa shape index (κ3) is 0.930. The zero-order chi connectivity index (χ0) is 7.72. The van der Waals surface area contributed by atoms with Gasteiger partial charge in [0, 0.05) is 12.1 Å². The summed E-state index contributed by atoms with van der Waals surface area (Å²) in [4.78, 5) is 0. The molecule has 0 fully saturated rings. The molecular formula is C6H9NO3. The molecule has 0 aromatic carbocycles. The molecule has 1 heterocycles. The summed E-state index contributed by atoms with van der Waals surface area (Å²) in [6, 6.07) is 2.62. The van der Waals surface area contributed by atoms with E-state index >= 15 is 0 Å². The van der Waals surface area contributed by atoms with Gasteiger partial charge in [-0.3, -0.25) is 4.57 Å². The van der Waals surface area contributed by atoms with E-state index in [-0.39, 0.29) is 11.8 Å². The predicted octanol–water partition coefficient (Wildman–Crippen LogP) is 0.410. The minimum absolute atomic E-state index is 0.146. The zero-order valence-electron chi connectivity index (χ0n) is 5.52. The number of rotatable bonds is 1. The molecule has 56 valence electrons. The topological polar surface area (TPSA) is 65.6 Å². The first kappa shape index (κ1) is 6.95. The van der Waals surface area contributed by atoms with Crippen LogP contribution in [0, 0.1) is 0 Å². The van der Waals surface area contributed by atoms with Crippen molar-refractivity contribution in [3.05, 3.63) is 12.1 Å². The lowest BCUT2D eigenvalue weighted by Gasteiger charge is -2.08. The minimum atomic E-state index is -0.907. The van der Waals surface area contributed by atoms with E-state index in [4.69, 9.17) is 15.3 Å². The van der Waals surface area contributed by atoms with Crippen molar-refractivity contribution < 1.29 is 15.3 Å². The van der Waals surface area contributed by atoms with Crippen LogP contribution in [-0.4, -0.2) is 19.9 Å². The fourth-order valence-corrected chi connectivity index (χ4v) is 0.810. The van der Waals surface area contributed by atoms with Crippen LogP contribution < -0.4 is 0 Å². The average Bonchev–Trinajstić information content (AvgIpc) is 2.11. The quantitative estimate of drug-likeness (QED) is 0.533. The van der Waals surface area contributed by atoms with Crippen molar-refractivity contribution in [1.29, 1.82) is 0 Å². The van der Waals surface area contributed by atoms with Crippen LogP contribution in [0.25, 0.3) is 0 Å². The van der Waals surface area contributed by atoms with Gasteiger partial charge >= 0.3 is 0 Å². The second-order valence-corrected chi connectivity index (χ2v) is 2.05. The van der Waals surface area contributed by atoms with Crippen molar-refractivity contribution in [3.63, 3.8) is 0 Å². The summed E-state index contributed by atoms with van der Waals surface area (Å²) >= 11 is 0. The molecular weight excluding hydrogens is 134 g/mol. The molecule has 4 nitrogen and oxygen atoms in total. The minimum Gasteiger partial charge on any atom is -0.494 e. The van der Waals surface area contributed by atoms with E-state index in [0.717, 1.165) is 4.57 Å². The Kier molecular flexibility index (Phi) is 1.55. The Morgan fingerprint density at radius 2 is 1.70 bits per heavy atom. The van der Waals surface area contributed by atoms with E-state index in [1.165, 1.54) is 19.1 Å². The van der Waals surface area contributed by atoms with Crippen LogP contribution in [0.3, 0.4) is 0 Å². The highest BCUT2D eigenvalue weighted by molar-refractivity contribution is 5.23. The summed E-state index contributed by atoms with van der Waals surface area (Å²) < 4.78 is 1.00. The summed E-state index contributed by atoms with van der Waals surface area (Å²) in [5.41, 5.74) is 0. The molecule has 0 bridgehead atoms. The van der Waals surface area contributed by atoms with Crippen LogP contribution in [-0.2, 0) is 0 Å². The Hall–Kier alpha value is -1.16. The number of aliphatic hydroxyl groups is 1. The first-order valence-corrected chi connectivity index (χ1v) is 2.90. The molecule has 0 amide bonds. The number of aromatic nitrogens is 1. The molecule has 3 N–H and O–H groups in total. The number of hydrogen-bond donors (Lipinski definition) is 3. The van der Waals surface area contributed by atoms with E-state index < -0.39 is 6.23 Å². The first-order valence-electron chi connectivity index (χ1n) is 2.90. The smallest absolute Gasteiger partial charge is 0.196 e. The maximum absolute atomic E-state index is 8.94. The molecule has 1 aromatic rings. The fraction of sp³-hybridized carbons (Fsp3) is 0.333. The lowest BCUT2D eigenvalue weighted by molar-refractivity contribution is 0.106. The van der Waals surface area contributed by atoms with Gasteiger partial charge < -0.3 is 15.3 Å². The van der Waals surface area contributed by atoms with Crippen molar-refractivity contribution in [2.24, 2.45) is 0 Å². The molecule has 0 saturated heterocycles. The van der Waals surface area contributed by atoms with Crippen molar-refractivity contribution in [2.45, 2.75) is 13.2 Å². The average molecular weight is 143 g/mol. The van der Waals surface area contributed by atoms with E-state index in [9.17, 15) is 0 Å². The van der Waals surface area contributed by atoms with Crippen LogP contribution in [0.15, 0.2) is 12.1 Å². The summed E-state index contributed by atoms with van der Waals surface area (Å²) in [6.07, 6.45) is -0.907. The van der Waals surface area contributed by atoms with Crippen LogP contribution >= 0.6 is 0 Å². The molecule has 0 aliphatic heterocycles. The van der Waals surface area contributed by atoms with Gasteiger partial charge in [-0.15, -0.1) is 0 Å². The molecule has 0 aliphatic carbocycles. The van der Waals surface area contributed by atoms with Crippen LogP contribution in [0.1, 0.15) is 13.2 Å². The Morgan fingerprint density at radius 3 is 1.90 bits per heavy atom. The largest absolute Gasteiger partial charge is 0.494 e. The number of aromatic hydroxyl groups is 2. The van der Waals surface area contributed by atoms with Gasteiger partial charge in [-0.25, -0.2) is 0 Å². The van der Waals surface area contributed by atoms with Gasteiger partial charge in [0.15, 0.2) is 11.8 Å². The normalized spacial score (nSPS) is 13.4. The number of nitrogens with zero attached hydrogens (tertiary/aromatic N) is 1. The number of hydrogen-bond acceptors (Lipinski definition) is 3. The Bertz CT molecular complexity index is 209. The highest BCUT2D eigenvalue weighted by Gasteiger charge is 2.08. The van der Waals surface area contributed by atoms with Crippen molar-refractivity contribution in [2.75, 3.05) is 0 Å². The Labute approximate surface area is 58.0 Å². The standard InChI is InChI=1S/C6H9NO3/c1-4(8)7-5(9)2-3-6(7)10/h2-4,8-10H,1H3. The summed E-state index contributed by atoms with van der Waals surface area (Å²) in [6.45, 7) is 1.44. The van der Waals surface area contributed by atoms with Gasteiger partial charge in [0.25, 0.3) is 0 Å². The molecule has 0 spiro atoms. The molecule has 0 radical (unpaired) electrons. The lowest BCUT2D eigenvalue weighted by Crippen LogP contribution is -2.01. The van der Waals surface area contributed by atoms with Crippen molar-refractivity contribution in [3.8, 4) is 11.8 Å². The van der Waals surface area contributed by atoms with Crippen molar-refractivity contribution in [1.82, 2.24) is 4.57 Å². The molecule has 1 unspecified atom stereocenters. The third-order valence-electron chi connectivity index (χ3n) is 1.25. The Morgan fingerprint density at radius 1 is 1.30 bits per heavy atom. The fourth-order valence-electron chi connectivity index (χ4n) is 0.810. The van der Waals surface area contributed by atoms with Gasteiger partial charge in [0.2, 0.25) is 0 Å². The maximum Gasteiger partial charge on any atom is 0.196 e.